The molecule has 18 heavy (non-hydrogen) atoms. The molecule has 3 nitrogen and oxygen atoms in total. The fourth-order valence-corrected chi connectivity index (χ4v) is 0. The molecule has 0 bridgehead atoms. The van der Waals surface area contributed by atoms with Crippen LogP contribution in [0.4, 0.5) is 4.79 Å². The van der Waals surface area contributed by atoms with Crippen molar-refractivity contribution in [1.29, 1.82) is 0 Å². The fourth-order valence-electron chi connectivity index (χ4n) is 0. The normalized spacial score (nSPS) is 11.3. The molecule has 0 spiro atoms. The highest BCUT2D eigenvalue weighted by molar-refractivity contribution is 7.74. The quantitative estimate of drug-likeness (QED) is 0.734. The van der Waals surface area contributed by atoms with Crippen LogP contribution in [0.15, 0.2) is 0 Å². The van der Waals surface area contributed by atoms with Gasteiger partial charge in [-0.1, -0.05) is 0 Å². The largest absolute Gasteiger partial charge is 0.652 e. The first kappa shape index (κ1) is 23.2. The molecule has 0 aromatic rings. The van der Waals surface area contributed by atoms with E-state index in [1.54, 1.807) is 0 Å². The third-order valence-electron chi connectivity index (χ3n) is 3.10. The van der Waals surface area contributed by atoms with Gasteiger partial charge in [-0.25, -0.2) is 0 Å². The molecule has 0 aromatic carbocycles. The van der Waals surface area contributed by atoms with Crippen molar-refractivity contribution in [3.8, 4) is 0 Å². The summed E-state index contributed by atoms with van der Waals surface area (Å²) in [4.78, 5) is 8.33. The van der Waals surface area contributed by atoms with Crippen molar-refractivity contribution in [2.75, 3.05) is 40.0 Å². The molecule has 0 saturated carbocycles. The van der Waals surface area contributed by atoms with Crippen LogP contribution in [0.5, 0.6) is 0 Å². The molecule has 112 valence electrons. The van der Waals surface area contributed by atoms with E-state index in [4.69, 9.17) is 15.0 Å². The monoisotopic (exact) mass is 298 g/mol. The van der Waals surface area contributed by atoms with Gasteiger partial charge in [-0.05, 0) is 33.9 Å². The van der Waals surface area contributed by atoms with E-state index in [1.165, 1.54) is 0 Å². The minimum absolute atomic E-state index is 0.488. The third kappa shape index (κ3) is 25.1. The van der Waals surface area contributed by atoms with E-state index in [2.05, 4.69) is 67.7 Å². The molecule has 0 unspecified atom stereocenters. The molecule has 0 aliphatic rings. The van der Waals surface area contributed by atoms with Crippen molar-refractivity contribution in [2.45, 2.75) is 39.0 Å². The topological polar surface area (TPSA) is 63.2 Å². The van der Waals surface area contributed by atoms with E-state index in [0.717, 1.165) is 11.3 Å². The van der Waals surface area contributed by atoms with Gasteiger partial charge in [0.05, 0.1) is 11.3 Å². The predicted octanol–water partition coefficient (Wildman–Crippen LogP) is 2.16. The van der Waals surface area contributed by atoms with Gasteiger partial charge in [0, 0.05) is 54.5 Å². The SMILES string of the molecule is CC(C)[P+](C)(C)C.CC(C)[P+](C)(C)C.O=C([O-])[O-]. The number of carbonyl (C=O) groups excluding carboxylic acids is 1. The molecule has 0 fully saturated rings. The molecular formula is C13H32O3P2. The van der Waals surface area contributed by atoms with Crippen molar-refractivity contribution in [3.05, 3.63) is 0 Å². The van der Waals surface area contributed by atoms with E-state index in [1.807, 2.05) is 0 Å². The Bertz CT molecular complexity index is 191. The van der Waals surface area contributed by atoms with Gasteiger partial charge in [-0.15, -0.1) is 0 Å². The Labute approximate surface area is 115 Å². The van der Waals surface area contributed by atoms with Crippen molar-refractivity contribution in [1.82, 2.24) is 0 Å². The highest BCUT2D eigenvalue weighted by Gasteiger charge is 2.21. The van der Waals surface area contributed by atoms with Crippen LogP contribution >= 0.6 is 14.5 Å². The van der Waals surface area contributed by atoms with E-state index in [-0.39, 0.29) is 0 Å². The Morgan fingerprint density at radius 1 is 0.722 bits per heavy atom. The average molecular weight is 298 g/mol. The average Bonchev–Trinajstić information content (AvgIpc) is 1.99. The fraction of sp³-hybridized carbons (Fsp3) is 0.923. The van der Waals surface area contributed by atoms with E-state index < -0.39 is 20.7 Å². The first-order valence-corrected chi connectivity index (χ1v) is 12.5. The van der Waals surface area contributed by atoms with Crippen molar-refractivity contribution in [2.24, 2.45) is 0 Å². The molecule has 0 aliphatic heterocycles. The lowest BCUT2D eigenvalue weighted by molar-refractivity contribution is -0.415. The van der Waals surface area contributed by atoms with Crippen LogP contribution in [0.3, 0.4) is 0 Å². The summed E-state index contributed by atoms with van der Waals surface area (Å²) in [5, 5.41) is 16.7. The molecule has 0 saturated heterocycles. The molecular weight excluding hydrogens is 266 g/mol. The van der Waals surface area contributed by atoms with E-state index >= 15 is 0 Å². The minimum atomic E-state index is -2.33. The maximum Gasteiger partial charge on any atom is 0.0633 e. The highest BCUT2D eigenvalue weighted by atomic mass is 31.2. The van der Waals surface area contributed by atoms with Gasteiger partial charge in [-0.2, -0.15) is 0 Å². The van der Waals surface area contributed by atoms with Crippen LogP contribution < -0.4 is 10.2 Å². The Morgan fingerprint density at radius 2 is 0.778 bits per heavy atom. The van der Waals surface area contributed by atoms with Gasteiger partial charge < -0.3 is 15.0 Å². The molecule has 0 radical (unpaired) electrons. The second-order valence-corrected chi connectivity index (χ2v) is 17.2. The second kappa shape index (κ2) is 9.98. The molecule has 0 amide bonds. The van der Waals surface area contributed by atoms with Gasteiger partial charge in [0.1, 0.15) is 0 Å². The van der Waals surface area contributed by atoms with Crippen LogP contribution in [-0.4, -0.2) is 57.5 Å². The summed E-state index contributed by atoms with van der Waals surface area (Å²) >= 11 is 0. The van der Waals surface area contributed by atoms with Crippen LogP contribution in [0, 0.1) is 0 Å². The molecule has 0 atom stereocenters. The molecule has 0 rings (SSSR count). The maximum absolute atomic E-state index is 8.33. The van der Waals surface area contributed by atoms with Gasteiger partial charge in [0.2, 0.25) is 0 Å². The first-order valence-electron chi connectivity index (χ1n) is 6.12. The standard InChI is InChI=1S/2C6H16P.CH2O3/c2*1-6(2)7(3,4)5;2-1(3)4/h2*6H,1-5H3;(H2,2,3,4)/q2*+1;/p-2. The highest BCUT2D eigenvalue weighted by Crippen LogP contribution is 2.51. The van der Waals surface area contributed by atoms with E-state index in [9.17, 15) is 0 Å². The Balaban J connectivity index is -0.000000196. The van der Waals surface area contributed by atoms with Gasteiger partial charge in [0.25, 0.3) is 0 Å². The molecule has 5 heteroatoms. The molecule has 0 aromatic heterocycles. The van der Waals surface area contributed by atoms with Gasteiger partial charge in [0.15, 0.2) is 0 Å². The summed E-state index contributed by atoms with van der Waals surface area (Å²) < 4.78 is 0. The summed E-state index contributed by atoms with van der Waals surface area (Å²) in [5.74, 6) is 0. The third-order valence-corrected chi connectivity index (χ3v) is 9.30. The number of hydrogen-bond donors (Lipinski definition) is 0. The van der Waals surface area contributed by atoms with Crippen LogP contribution in [0.25, 0.3) is 0 Å². The Morgan fingerprint density at radius 3 is 0.778 bits per heavy atom. The van der Waals surface area contributed by atoms with E-state index in [0.29, 0.717) is 0 Å². The second-order valence-electron chi connectivity index (χ2n) is 6.67. The summed E-state index contributed by atoms with van der Waals surface area (Å²) in [7, 11) is -0.975. The predicted molar refractivity (Wildman–Crippen MR) is 85.1 cm³/mol. The van der Waals surface area contributed by atoms with Crippen molar-refractivity contribution >= 4 is 20.7 Å². The number of rotatable bonds is 2. The summed E-state index contributed by atoms with van der Waals surface area (Å²) in [6, 6.07) is 0. The zero-order valence-electron chi connectivity index (χ0n) is 13.8. The number of hydrogen-bond acceptors (Lipinski definition) is 3. The lowest BCUT2D eigenvalue weighted by Gasteiger charge is -2.15. The number of carbonyl (C=O) groups is 1. The number of carboxylic acid groups (broad SMARTS) is 2. The Hall–Kier alpha value is 0.130. The molecule has 0 heterocycles. The van der Waals surface area contributed by atoms with Crippen LogP contribution in [0.2, 0.25) is 0 Å². The summed E-state index contributed by atoms with van der Waals surface area (Å²) in [6.45, 7) is 23.4. The zero-order valence-corrected chi connectivity index (χ0v) is 15.6. The summed E-state index contributed by atoms with van der Waals surface area (Å²) in [5.41, 5.74) is 1.82. The van der Waals surface area contributed by atoms with Crippen LogP contribution in [0.1, 0.15) is 27.7 Å². The molecule has 0 aliphatic carbocycles. The smallest absolute Gasteiger partial charge is 0.0633 e. The molecule has 0 N–H and O–H groups in total. The van der Waals surface area contributed by atoms with Gasteiger partial charge in [-0.3, -0.25) is 0 Å². The maximum atomic E-state index is 8.33. The lowest BCUT2D eigenvalue weighted by atomic mass is 10.6. The lowest BCUT2D eigenvalue weighted by Crippen LogP contribution is -2.37. The zero-order chi connectivity index (χ0) is 15.7. The first-order chi connectivity index (χ1) is 7.62. The summed E-state index contributed by atoms with van der Waals surface area (Å²) in [6.07, 6.45) is -2.33. The van der Waals surface area contributed by atoms with Crippen LogP contribution in [-0.2, 0) is 0 Å². The van der Waals surface area contributed by atoms with Gasteiger partial charge >= 0.3 is 0 Å². The minimum Gasteiger partial charge on any atom is -0.652 e. The van der Waals surface area contributed by atoms with Crippen molar-refractivity contribution < 1.29 is 15.0 Å². The Kier molecular flexibility index (Phi) is 12.9. The van der Waals surface area contributed by atoms with Crippen molar-refractivity contribution in [3.63, 3.8) is 0 Å².